The van der Waals surface area contributed by atoms with Gasteiger partial charge in [-0.15, -0.1) is 0 Å². The Morgan fingerprint density at radius 1 is 1.03 bits per heavy atom. The van der Waals surface area contributed by atoms with Gasteiger partial charge < -0.3 is 26.8 Å². The van der Waals surface area contributed by atoms with E-state index in [4.69, 9.17) is 11.5 Å². The van der Waals surface area contributed by atoms with Gasteiger partial charge in [0.1, 0.15) is 5.69 Å². The summed E-state index contributed by atoms with van der Waals surface area (Å²) in [7, 11) is -1.60. The summed E-state index contributed by atoms with van der Waals surface area (Å²) in [4.78, 5) is 35.9. The highest BCUT2D eigenvalue weighted by Crippen LogP contribution is 2.23. The van der Waals surface area contributed by atoms with Crippen LogP contribution in [0, 0.1) is 0 Å². The molecule has 160 valence electrons. The van der Waals surface area contributed by atoms with Crippen LogP contribution < -0.4 is 22.2 Å². The number of nitrogens with zero attached hydrogens (tertiary/aromatic N) is 5. The Bertz CT molecular complexity index is 1340. The lowest BCUT2D eigenvalue weighted by molar-refractivity contribution is 0.0983. The summed E-state index contributed by atoms with van der Waals surface area (Å²) in [5.41, 5.74) is 12.9. The topological polar surface area (TPSA) is 195 Å². The molecule has 3 aromatic heterocycles. The Morgan fingerprint density at radius 2 is 1.81 bits per heavy atom. The van der Waals surface area contributed by atoms with Gasteiger partial charge in [-0.2, -0.15) is 15.1 Å². The Labute approximate surface area is 181 Å². The van der Waals surface area contributed by atoms with Crippen molar-refractivity contribution in [2.24, 2.45) is 11.5 Å². The first-order chi connectivity index (χ1) is 15.3. The van der Waals surface area contributed by atoms with Crippen LogP contribution in [0.25, 0.3) is 16.9 Å². The molecule has 0 unspecified atom stereocenters. The Morgan fingerprint density at radius 3 is 2.53 bits per heavy atom. The maximum Gasteiger partial charge on any atom is 0.488 e. The molecular weight excluding hydrogens is 415 g/mol. The van der Waals surface area contributed by atoms with E-state index in [1.54, 1.807) is 36.4 Å². The van der Waals surface area contributed by atoms with Gasteiger partial charge in [0.05, 0.1) is 17.3 Å². The van der Waals surface area contributed by atoms with Crippen LogP contribution in [-0.2, 0) is 6.54 Å². The van der Waals surface area contributed by atoms with Crippen molar-refractivity contribution >= 4 is 35.9 Å². The number of carbonyl (C=O) groups is 2. The maximum absolute atomic E-state index is 11.8. The summed E-state index contributed by atoms with van der Waals surface area (Å²) in [5.74, 6) is -1.58. The van der Waals surface area contributed by atoms with Crippen LogP contribution in [0.3, 0.4) is 0 Å². The highest BCUT2D eigenvalue weighted by atomic mass is 16.4. The molecule has 2 amide bonds. The van der Waals surface area contributed by atoms with Gasteiger partial charge in [0.25, 0.3) is 11.8 Å². The van der Waals surface area contributed by atoms with Crippen LogP contribution in [0.1, 0.15) is 26.7 Å². The smallest absolute Gasteiger partial charge is 0.423 e. The van der Waals surface area contributed by atoms with Crippen molar-refractivity contribution in [3.05, 3.63) is 65.7 Å². The van der Waals surface area contributed by atoms with Crippen LogP contribution in [-0.4, -0.2) is 53.5 Å². The summed E-state index contributed by atoms with van der Waals surface area (Å²) < 4.78 is 1.35. The summed E-state index contributed by atoms with van der Waals surface area (Å²) in [6, 6.07) is 11.5. The van der Waals surface area contributed by atoms with Gasteiger partial charge in [0.2, 0.25) is 11.8 Å². The molecular formula is C19H17BN8O4. The highest BCUT2D eigenvalue weighted by Gasteiger charge is 2.18. The van der Waals surface area contributed by atoms with Crippen LogP contribution in [0.5, 0.6) is 0 Å². The van der Waals surface area contributed by atoms with E-state index in [1.807, 2.05) is 0 Å². The summed E-state index contributed by atoms with van der Waals surface area (Å²) in [5, 5.41) is 25.8. The molecule has 0 aliphatic rings. The molecule has 0 saturated heterocycles. The molecule has 0 atom stereocenters. The molecule has 0 bridgehead atoms. The first kappa shape index (κ1) is 20.9. The van der Waals surface area contributed by atoms with Crippen molar-refractivity contribution in [3.63, 3.8) is 0 Å². The van der Waals surface area contributed by atoms with Crippen LogP contribution >= 0.6 is 0 Å². The number of amides is 2. The molecule has 4 aromatic rings. The number of nitrogens with two attached hydrogens (primary N) is 2. The summed E-state index contributed by atoms with van der Waals surface area (Å²) in [6.07, 6.45) is 1.44. The zero-order valence-electron chi connectivity index (χ0n) is 16.5. The van der Waals surface area contributed by atoms with Crippen molar-refractivity contribution in [2.75, 3.05) is 5.32 Å². The van der Waals surface area contributed by atoms with Gasteiger partial charge in [-0.05, 0) is 23.2 Å². The first-order valence-corrected chi connectivity index (χ1v) is 9.35. The Kier molecular flexibility index (Phi) is 5.49. The molecule has 13 heteroatoms. The van der Waals surface area contributed by atoms with Gasteiger partial charge in [0, 0.05) is 6.54 Å². The molecule has 12 nitrogen and oxygen atoms in total. The number of pyridine rings is 1. The van der Waals surface area contributed by atoms with Crippen LogP contribution in [0.15, 0.2) is 48.7 Å². The average Bonchev–Trinajstić information content (AvgIpc) is 3.21. The highest BCUT2D eigenvalue weighted by molar-refractivity contribution is 6.58. The van der Waals surface area contributed by atoms with E-state index >= 15 is 0 Å². The van der Waals surface area contributed by atoms with E-state index in [-0.39, 0.29) is 29.8 Å². The third-order valence-corrected chi connectivity index (χ3v) is 4.59. The maximum atomic E-state index is 11.8. The van der Waals surface area contributed by atoms with Crippen molar-refractivity contribution in [3.8, 4) is 11.4 Å². The molecule has 0 fully saturated rings. The first-order valence-electron chi connectivity index (χ1n) is 9.35. The predicted molar refractivity (Wildman–Crippen MR) is 115 cm³/mol. The lowest BCUT2D eigenvalue weighted by Gasteiger charge is -2.09. The monoisotopic (exact) mass is 432 g/mol. The van der Waals surface area contributed by atoms with Gasteiger partial charge in [-0.25, -0.2) is 9.50 Å². The third-order valence-electron chi connectivity index (χ3n) is 4.59. The lowest BCUT2D eigenvalue weighted by Crippen LogP contribution is -2.30. The molecule has 0 aliphatic heterocycles. The van der Waals surface area contributed by atoms with E-state index in [2.05, 4.69) is 25.4 Å². The van der Waals surface area contributed by atoms with E-state index < -0.39 is 18.9 Å². The molecule has 0 aliphatic carbocycles. The van der Waals surface area contributed by atoms with Crippen LogP contribution in [0.4, 0.5) is 5.95 Å². The van der Waals surface area contributed by atoms with E-state index in [9.17, 15) is 19.6 Å². The van der Waals surface area contributed by atoms with Crippen molar-refractivity contribution in [1.82, 2.24) is 24.6 Å². The minimum atomic E-state index is -1.60. The van der Waals surface area contributed by atoms with Crippen molar-refractivity contribution < 1.29 is 19.6 Å². The zero-order chi connectivity index (χ0) is 22.8. The van der Waals surface area contributed by atoms with Crippen molar-refractivity contribution in [2.45, 2.75) is 6.54 Å². The van der Waals surface area contributed by atoms with Gasteiger partial charge in [-0.1, -0.05) is 30.3 Å². The Hall–Kier alpha value is -4.36. The number of fused-ring (bicyclic) bond motifs is 1. The second kappa shape index (κ2) is 8.41. The third kappa shape index (κ3) is 4.10. The van der Waals surface area contributed by atoms with Crippen molar-refractivity contribution in [1.29, 1.82) is 0 Å². The predicted octanol–water partition coefficient (Wildman–Crippen LogP) is -1.32. The number of anilines is 1. The zero-order valence-corrected chi connectivity index (χ0v) is 16.5. The number of primary amides is 2. The summed E-state index contributed by atoms with van der Waals surface area (Å²) >= 11 is 0. The number of nitrogens with one attached hydrogen (secondary N) is 1. The fraction of sp³-hybridized carbons (Fsp3) is 0.0526. The molecule has 0 spiro atoms. The van der Waals surface area contributed by atoms with Gasteiger partial charge >= 0.3 is 7.12 Å². The molecule has 0 saturated carbocycles. The number of rotatable bonds is 7. The van der Waals surface area contributed by atoms with Gasteiger partial charge in [-0.3, -0.25) is 9.59 Å². The van der Waals surface area contributed by atoms with E-state index in [0.717, 1.165) is 5.56 Å². The normalized spacial score (nSPS) is 10.8. The van der Waals surface area contributed by atoms with E-state index in [1.165, 1.54) is 16.8 Å². The number of aromatic nitrogens is 5. The minimum absolute atomic E-state index is 0.0733. The largest absolute Gasteiger partial charge is 0.488 e. The average molecular weight is 432 g/mol. The number of hydrogen-bond acceptors (Lipinski definition) is 9. The molecule has 7 N–H and O–H groups in total. The van der Waals surface area contributed by atoms with Gasteiger partial charge in [0.15, 0.2) is 5.82 Å². The SMILES string of the molecule is NC(=O)c1nc(NCc2cccc(B(O)O)c2)nc(-c2cnn3c(C(N)=O)cccc23)n1. The number of benzene rings is 1. The number of hydrogen-bond donors (Lipinski definition) is 5. The van der Waals surface area contributed by atoms with E-state index in [0.29, 0.717) is 16.5 Å². The fourth-order valence-electron chi connectivity index (χ4n) is 3.10. The second-order valence-corrected chi connectivity index (χ2v) is 6.77. The van der Waals surface area contributed by atoms with Crippen LogP contribution in [0.2, 0.25) is 0 Å². The minimum Gasteiger partial charge on any atom is -0.423 e. The fourth-order valence-corrected chi connectivity index (χ4v) is 3.10. The molecule has 32 heavy (non-hydrogen) atoms. The summed E-state index contributed by atoms with van der Waals surface area (Å²) in [6.45, 7) is 0.225. The number of carbonyl (C=O) groups excluding carboxylic acids is 2. The second-order valence-electron chi connectivity index (χ2n) is 6.77. The Balaban J connectivity index is 1.71. The molecule has 1 aromatic carbocycles. The molecule has 4 rings (SSSR count). The quantitative estimate of drug-likeness (QED) is 0.220. The standard InChI is InChI=1S/C19H17BN8O4/c21-15(29)14-6-2-5-13-12(9-24-28(13)14)17-25-18(16(22)30)27-19(26-17)23-8-10-3-1-4-11(7-10)20(31)32/h1-7,9,31-32H,8H2,(H2,21,29)(H2,22,30)(H,23,25,26,27). The molecule has 0 radical (unpaired) electrons. The molecule has 3 heterocycles. The lowest BCUT2D eigenvalue weighted by atomic mass is 9.80.